The summed E-state index contributed by atoms with van der Waals surface area (Å²) in [6.07, 6.45) is 2.80. The minimum Gasteiger partial charge on any atom is -0.323 e. The Morgan fingerprint density at radius 3 is 2.80 bits per heavy atom. The first kappa shape index (κ1) is 15.1. The third-order valence-electron chi connectivity index (χ3n) is 2.90. The van der Waals surface area contributed by atoms with E-state index in [1.165, 1.54) is 18.2 Å². The monoisotopic (exact) mass is 317 g/mol. The van der Waals surface area contributed by atoms with Crippen molar-refractivity contribution in [2.75, 3.05) is 22.8 Å². The van der Waals surface area contributed by atoms with Crippen LogP contribution in [-0.4, -0.2) is 33.2 Å². The molecule has 1 aliphatic rings. The molecule has 6 nitrogen and oxygen atoms in total. The Kier molecular flexibility index (Phi) is 4.52. The number of nitrogens with one attached hydrogen (secondary N) is 3. The minimum absolute atomic E-state index is 0.166. The quantitative estimate of drug-likeness (QED) is 0.783. The van der Waals surface area contributed by atoms with Crippen molar-refractivity contribution in [3.05, 3.63) is 23.2 Å². The summed E-state index contributed by atoms with van der Waals surface area (Å²) in [5, 5.41) is 6.15. The normalized spacial score (nSPS) is 18.8. The molecule has 1 aliphatic heterocycles. The van der Waals surface area contributed by atoms with Crippen LogP contribution in [0.2, 0.25) is 5.02 Å². The number of amides is 1. The second-order valence-corrected chi connectivity index (χ2v) is 6.86. The van der Waals surface area contributed by atoms with E-state index in [1.807, 2.05) is 0 Å². The summed E-state index contributed by atoms with van der Waals surface area (Å²) >= 11 is 6.01. The molecule has 0 aromatic heterocycles. The summed E-state index contributed by atoms with van der Waals surface area (Å²) in [7, 11) is -3.37. The predicted molar refractivity (Wildman–Crippen MR) is 79.6 cm³/mol. The molecule has 8 heteroatoms. The summed E-state index contributed by atoms with van der Waals surface area (Å²) in [6.45, 7) is 0.821. The molecule has 1 aromatic carbocycles. The lowest BCUT2D eigenvalue weighted by atomic mass is 10.2. The molecule has 1 unspecified atom stereocenters. The van der Waals surface area contributed by atoms with Crippen molar-refractivity contribution in [1.29, 1.82) is 0 Å². The fourth-order valence-electron chi connectivity index (χ4n) is 2.03. The highest BCUT2D eigenvalue weighted by molar-refractivity contribution is 7.92. The smallest absolute Gasteiger partial charge is 0.241 e. The SMILES string of the molecule is CS(=O)(=O)Nc1ccc(Cl)c(NC(=O)C2CCCN2)c1. The van der Waals surface area contributed by atoms with E-state index in [2.05, 4.69) is 15.4 Å². The van der Waals surface area contributed by atoms with Crippen molar-refractivity contribution in [2.24, 2.45) is 0 Å². The molecule has 0 aliphatic carbocycles. The van der Waals surface area contributed by atoms with Gasteiger partial charge < -0.3 is 10.6 Å². The molecule has 1 heterocycles. The van der Waals surface area contributed by atoms with Gasteiger partial charge in [0.15, 0.2) is 0 Å². The highest BCUT2D eigenvalue weighted by atomic mass is 35.5. The Bertz CT molecular complexity index is 612. The van der Waals surface area contributed by atoms with Gasteiger partial charge in [-0.3, -0.25) is 9.52 Å². The number of hydrogen-bond donors (Lipinski definition) is 3. The summed E-state index contributed by atoms with van der Waals surface area (Å²) in [5.74, 6) is -0.166. The fraction of sp³-hybridized carbons (Fsp3) is 0.417. The lowest BCUT2D eigenvalue weighted by Crippen LogP contribution is -2.35. The molecule has 1 amide bonds. The van der Waals surface area contributed by atoms with Crippen molar-refractivity contribution in [1.82, 2.24) is 5.32 Å². The molecule has 3 N–H and O–H groups in total. The van der Waals surface area contributed by atoms with Gasteiger partial charge in [-0.15, -0.1) is 0 Å². The molecule has 1 aromatic rings. The number of hydrogen-bond acceptors (Lipinski definition) is 4. The molecule has 0 radical (unpaired) electrons. The van der Waals surface area contributed by atoms with Crippen LogP contribution in [0, 0.1) is 0 Å². The second-order valence-electron chi connectivity index (χ2n) is 4.71. The van der Waals surface area contributed by atoms with Crippen LogP contribution < -0.4 is 15.4 Å². The molecule has 1 atom stereocenters. The van der Waals surface area contributed by atoms with Crippen molar-refractivity contribution < 1.29 is 13.2 Å². The van der Waals surface area contributed by atoms with Crippen LogP contribution in [-0.2, 0) is 14.8 Å². The highest BCUT2D eigenvalue weighted by Crippen LogP contribution is 2.26. The van der Waals surface area contributed by atoms with Crippen LogP contribution in [0.25, 0.3) is 0 Å². The van der Waals surface area contributed by atoms with E-state index in [0.717, 1.165) is 25.6 Å². The average Bonchev–Trinajstić information content (AvgIpc) is 2.85. The minimum atomic E-state index is -3.37. The van der Waals surface area contributed by atoms with Crippen molar-refractivity contribution in [3.8, 4) is 0 Å². The second kappa shape index (κ2) is 5.99. The van der Waals surface area contributed by atoms with Crippen LogP contribution in [0.1, 0.15) is 12.8 Å². The highest BCUT2D eigenvalue weighted by Gasteiger charge is 2.22. The lowest BCUT2D eigenvalue weighted by Gasteiger charge is -2.13. The van der Waals surface area contributed by atoms with Crippen LogP contribution in [0.15, 0.2) is 18.2 Å². The molecular formula is C12H16ClN3O3S. The Hall–Kier alpha value is -1.31. The van der Waals surface area contributed by atoms with Gasteiger partial charge in [0.1, 0.15) is 0 Å². The van der Waals surface area contributed by atoms with E-state index in [9.17, 15) is 13.2 Å². The van der Waals surface area contributed by atoms with E-state index < -0.39 is 10.0 Å². The Morgan fingerprint density at radius 1 is 1.45 bits per heavy atom. The Balaban J connectivity index is 2.14. The molecule has 1 saturated heterocycles. The van der Waals surface area contributed by atoms with Crippen molar-refractivity contribution in [3.63, 3.8) is 0 Å². The number of carbonyl (C=O) groups is 1. The van der Waals surface area contributed by atoms with Gasteiger partial charge in [-0.05, 0) is 37.6 Å². The van der Waals surface area contributed by atoms with Gasteiger partial charge in [-0.25, -0.2) is 8.42 Å². The van der Waals surface area contributed by atoms with Gasteiger partial charge in [0.25, 0.3) is 0 Å². The van der Waals surface area contributed by atoms with Crippen molar-refractivity contribution >= 4 is 38.9 Å². The maximum atomic E-state index is 12.0. The van der Waals surface area contributed by atoms with Crippen LogP contribution in [0.5, 0.6) is 0 Å². The van der Waals surface area contributed by atoms with E-state index in [1.54, 1.807) is 0 Å². The first-order chi connectivity index (χ1) is 9.35. The van der Waals surface area contributed by atoms with Crippen LogP contribution in [0.4, 0.5) is 11.4 Å². The Morgan fingerprint density at radius 2 is 2.20 bits per heavy atom. The average molecular weight is 318 g/mol. The van der Waals surface area contributed by atoms with Gasteiger partial charge in [0.2, 0.25) is 15.9 Å². The maximum absolute atomic E-state index is 12.0. The van der Waals surface area contributed by atoms with E-state index in [0.29, 0.717) is 16.4 Å². The third kappa shape index (κ3) is 4.09. The zero-order valence-electron chi connectivity index (χ0n) is 10.9. The maximum Gasteiger partial charge on any atom is 0.241 e. The number of rotatable bonds is 4. The third-order valence-corrected chi connectivity index (χ3v) is 3.84. The van der Waals surface area contributed by atoms with Gasteiger partial charge >= 0.3 is 0 Å². The van der Waals surface area contributed by atoms with Crippen LogP contribution >= 0.6 is 11.6 Å². The van der Waals surface area contributed by atoms with Gasteiger partial charge in [0.05, 0.1) is 28.7 Å². The van der Waals surface area contributed by atoms with Crippen LogP contribution in [0.3, 0.4) is 0 Å². The van der Waals surface area contributed by atoms with Crippen molar-refractivity contribution in [2.45, 2.75) is 18.9 Å². The standard InChI is InChI=1S/C12H16ClN3O3S/c1-20(18,19)16-8-4-5-9(13)11(7-8)15-12(17)10-3-2-6-14-10/h4-5,7,10,14,16H,2-3,6H2,1H3,(H,15,17). The summed E-state index contributed by atoms with van der Waals surface area (Å²) in [5.41, 5.74) is 0.741. The number of carbonyl (C=O) groups excluding carboxylic acids is 1. The predicted octanol–water partition coefficient (Wildman–Crippen LogP) is 1.40. The number of anilines is 2. The summed E-state index contributed by atoms with van der Waals surface area (Å²) in [4.78, 5) is 12.0. The van der Waals surface area contributed by atoms with E-state index in [4.69, 9.17) is 11.6 Å². The molecule has 110 valence electrons. The van der Waals surface area contributed by atoms with E-state index in [-0.39, 0.29) is 11.9 Å². The lowest BCUT2D eigenvalue weighted by molar-refractivity contribution is -0.117. The molecular weight excluding hydrogens is 302 g/mol. The molecule has 1 fully saturated rings. The van der Waals surface area contributed by atoms with E-state index >= 15 is 0 Å². The van der Waals surface area contributed by atoms with Gasteiger partial charge in [0, 0.05) is 0 Å². The topological polar surface area (TPSA) is 87.3 Å². The fourth-order valence-corrected chi connectivity index (χ4v) is 2.75. The first-order valence-electron chi connectivity index (χ1n) is 6.17. The number of sulfonamides is 1. The molecule has 0 spiro atoms. The molecule has 20 heavy (non-hydrogen) atoms. The number of halogens is 1. The summed E-state index contributed by atoms with van der Waals surface area (Å²) in [6, 6.07) is 4.34. The van der Waals surface area contributed by atoms with Gasteiger partial charge in [-0.2, -0.15) is 0 Å². The molecule has 2 rings (SSSR count). The Labute approximate surface area is 122 Å². The zero-order valence-corrected chi connectivity index (χ0v) is 12.5. The molecule has 0 bridgehead atoms. The van der Waals surface area contributed by atoms with Gasteiger partial charge in [-0.1, -0.05) is 11.6 Å². The molecule has 0 saturated carbocycles. The number of benzene rings is 1. The summed E-state index contributed by atoms with van der Waals surface area (Å²) < 4.78 is 24.7. The first-order valence-corrected chi connectivity index (χ1v) is 8.44. The largest absolute Gasteiger partial charge is 0.323 e. The zero-order chi connectivity index (χ0) is 14.8.